The van der Waals surface area contributed by atoms with Crippen molar-refractivity contribution in [3.63, 3.8) is 0 Å². The molecule has 5 heteroatoms. The highest BCUT2D eigenvalue weighted by molar-refractivity contribution is 6.01. The van der Waals surface area contributed by atoms with E-state index < -0.39 is 6.04 Å². The van der Waals surface area contributed by atoms with Gasteiger partial charge in [-0.25, -0.2) is 0 Å². The average Bonchev–Trinajstić information content (AvgIpc) is 2.69. The summed E-state index contributed by atoms with van der Waals surface area (Å²) in [6, 6.07) is 21.3. The van der Waals surface area contributed by atoms with Crippen LogP contribution in [0.4, 0.5) is 5.69 Å². The molecular weight excluding hydrogens is 326 g/mol. The van der Waals surface area contributed by atoms with E-state index >= 15 is 0 Å². The van der Waals surface area contributed by atoms with Gasteiger partial charge >= 0.3 is 0 Å². The number of para-hydroxylation sites is 1. The third-order valence-corrected chi connectivity index (χ3v) is 3.89. The third-order valence-electron chi connectivity index (χ3n) is 3.89. The van der Waals surface area contributed by atoms with Gasteiger partial charge in [0.25, 0.3) is 5.91 Å². The van der Waals surface area contributed by atoms with E-state index in [-0.39, 0.29) is 11.8 Å². The molecule has 0 radical (unpaired) electrons. The van der Waals surface area contributed by atoms with Crippen LogP contribution >= 0.6 is 0 Å². The molecule has 0 spiro atoms. The highest BCUT2D eigenvalue weighted by atomic mass is 16.2. The Morgan fingerprint density at radius 2 is 1.46 bits per heavy atom. The van der Waals surface area contributed by atoms with E-state index in [0.29, 0.717) is 17.7 Å². The van der Waals surface area contributed by atoms with E-state index in [0.717, 1.165) is 5.56 Å². The van der Waals surface area contributed by atoms with Gasteiger partial charge in [-0.15, -0.1) is 0 Å². The molecule has 3 aromatic rings. The third kappa shape index (κ3) is 4.77. The number of carbonyl (C=O) groups excluding carboxylic acids is 2. The molecule has 1 atom stereocenters. The van der Waals surface area contributed by atoms with Crippen LogP contribution in [-0.4, -0.2) is 22.8 Å². The van der Waals surface area contributed by atoms with E-state index in [1.165, 1.54) is 0 Å². The van der Waals surface area contributed by atoms with Crippen molar-refractivity contribution in [3.8, 4) is 0 Å². The van der Waals surface area contributed by atoms with Crippen LogP contribution in [0.5, 0.6) is 0 Å². The lowest BCUT2D eigenvalue weighted by atomic mass is 10.0. The van der Waals surface area contributed by atoms with Crippen LogP contribution in [0.2, 0.25) is 0 Å². The summed E-state index contributed by atoms with van der Waals surface area (Å²) in [5.74, 6) is -0.570. The predicted octanol–water partition coefficient (Wildman–Crippen LogP) is 3.06. The van der Waals surface area contributed by atoms with E-state index in [9.17, 15) is 9.59 Å². The summed E-state index contributed by atoms with van der Waals surface area (Å²) in [7, 11) is 0. The normalized spacial score (nSPS) is 11.4. The molecule has 0 aliphatic carbocycles. The monoisotopic (exact) mass is 345 g/mol. The van der Waals surface area contributed by atoms with Crippen molar-refractivity contribution in [1.29, 1.82) is 0 Å². The molecule has 1 aromatic heterocycles. The van der Waals surface area contributed by atoms with Crippen LogP contribution < -0.4 is 10.6 Å². The topological polar surface area (TPSA) is 71.1 Å². The van der Waals surface area contributed by atoms with Crippen LogP contribution in [-0.2, 0) is 11.2 Å². The second-order valence-corrected chi connectivity index (χ2v) is 5.81. The number of hydrogen-bond donors (Lipinski definition) is 2. The highest BCUT2D eigenvalue weighted by Crippen LogP contribution is 2.10. The minimum absolute atomic E-state index is 0.262. The number of rotatable bonds is 6. The van der Waals surface area contributed by atoms with Crippen LogP contribution in [0.1, 0.15) is 15.9 Å². The first kappa shape index (κ1) is 17.4. The van der Waals surface area contributed by atoms with Gasteiger partial charge in [0.2, 0.25) is 5.91 Å². The Hall–Kier alpha value is -3.47. The fourth-order valence-corrected chi connectivity index (χ4v) is 2.55. The zero-order valence-corrected chi connectivity index (χ0v) is 14.1. The number of aromatic nitrogens is 1. The average molecular weight is 345 g/mol. The van der Waals surface area contributed by atoms with Crippen LogP contribution in [0.15, 0.2) is 85.2 Å². The largest absolute Gasteiger partial charge is 0.340 e. The summed E-state index contributed by atoms with van der Waals surface area (Å²) in [5, 5.41) is 5.68. The highest BCUT2D eigenvalue weighted by Gasteiger charge is 2.22. The molecule has 2 aromatic carbocycles. The van der Waals surface area contributed by atoms with Crippen molar-refractivity contribution < 1.29 is 9.59 Å². The number of amides is 2. The maximum atomic E-state index is 12.7. The molecular formula is C21H19N3O2. The number of anilines is 1. The van der Waals surface area contributed by atoms with Crippen molar-refractivity contribution in [3.05, 3.63) is 96.3 Å². The molecule has 0 fully saturated rings. The second-order valence-electron chi connectivity index (χ2n) is 5.81. The molecule has 26 heavy (non-hydrogen) atoms. The Balaban J connectivity index is 1.76. The fraction of sp³-hybridized carbons (Fsp3) is 0.0952. The number of nitrogens with one attached hydrogen (secondary N) is 2. The Morgan fingerprint density at radius 1 is 0.846 bits per heavy atom. The van der Waals surface area contributed by atoms with Crippen LogP contribution in [0.3, 0.4) is 0 Å². The Kier molecular flexibility index (Phi) is 5.72. The summed E-state index contributed by atoms with van der Waals surface area (Å²) < 4.78 is 0. The van der Waals surface area contributed by atoms with Crippen molar-refractivity contribution in [2.75, 3.05) is 5.32 Å². The molecule has 0 saturated carbocycles. The molecule has 0 unspecified atom stereocenters. The van der Waals surface area contributed by atoms with Gasteiger partial charge in [0.05, 0.1) is 0 Å². The maximum absolute atomic E-state index is 12.7. The molecule has 130 valence electrons. The molecule has 0 aliphatic heterocycles. The lowest BCUT2D eigenvalue weighted by molar-refractivity contribution is -0.118. The number of carbonyl (C=O) groups is 2. The predicted molar refractivity (Wildman–Crippen MR) is 101 cm³/mol. The second kappa shape index (κ2) is 8.58. The van der Waals surface area contributed by atoms with Gasteiger partial charge in [0.15, 0.2) is 0 Å². The van der Waals surface area contributed by atoms with Gasteiger partial charge in [-0.05, 0) is 29.8 Å². The SMILES string of the molecule is O=C(N[C@H](Cc1ccccc1)C(=O)Nc1ccccc1)c1ccncc1. The van der Waals surface area contributed by atoms with Gasteiger partial charge in [0.1, 0.15) is 6.04 Å². The molecule has 3 rings (SSSR count). The van der Waals surface area contributed by atoms with Crippen LogP contribution in [0, 0.1) is 0 Å². The van der Waals surface area contributed by atoms with Crippen molar-refractivity contribution in [2.45, 2.75) is 12.5 Å². The molecule has 0 aliphatic rings. The van der Waals surface area contributed by atoms with Gasteiger partial charge in [0, 0.05) is 30.1 Å². The lowest BCUT2D eigenvalue weighted by Gasteiger charge is -2.19. The lowest BCUT2D eigenvalue weighted by Crippen LogP contribution is -2.45. The van der Waals surface area contributed by atoms with Crippen molar-refractivity contribution in [1.82, 2.24) is 10.3 Å². The molecule has 2 amide bonds. The number of benzene rings is 2. The van der Waals surface area contributed by atoms with Gasteiger partial charge < -0.3 is 10.6 Å². The van der Waals surface area contributed by atoms with E-state index in [4.69, 9.17) is 0 Å². The van der Waals surface area contributed by atoms with Crippen molar-refractivity contribution >= 4 is 17.5 Å². The Morgan fingerprint density at radius 3 is 2.12 bits per heavy atom. The fourth-order valence-electron chi connectivity index (χ4n) is 2.55. The van der Waals surface area contributed by atoms with E-state index in [1.54, 1.807) is 24.5 Å². The number of hydrogen-bond acceptors (Lipinski definition) is 3. The summed E-state index contributed by atoms with van der Waals surface area (Å²) in [6.45, 7) is 0. The maximum Gasteiger partial charge on any atom is 0.252 e. The van der Waals surface area contributed by atoms with E-state index in [1.807, 2.05) is 60.7 Å². The summed E-state index contributed by atoms with van der Waals surface area (Å²) in [5.41, 5.74) is 2.12. The first-order valence-corrected chi connectivity index (χ1v) is 8.33. The minimum Gasteiger partial charge on any atom is -0.340 e. The van der Waals surface area contributed by atoms with Gasteiger partial charge in [-0.2, -0.15) is 0 Å². The summed E-state index contributed by atoms with van der Waals surface area (Å²) >= 11 is 0. The van der Waals surface area contributed by atoms with Crippen LogP contribution in [0.25, 0.3) is 0 Å². The smallest absolute Gasteiger partial charge is 0.252 e. The molecule has 2 N–H and O–H groups in total. The van der Waals surface area contributed by atoms with E-state index in [2.05, 4.69) is 15.6 Å². The number of pyridine rings is 1. The molecule has 5 nitrogen and oxygen atoms in total. The van der Waals surface area contributed by atoms with Crippen molar-refractivity contribution in [2.24, 2.45) is 0 Å². The summed E-state index contributed by atoms with van der Waals surface area (Å²) in [4.78, 5) is 29.1. The number of nitrogens with zero attached hydrogens (tertiary/aromatic N) is 1. The zero-order chi connectivity index (χ0) is 18.2. The minimum atomic E-state index is -0.696. The first-order valence-electron chi connectivity index (χ1n) is 8.33. The first-order chi connectivity index (χ1) is 12.7. The summed E-state index contributed by atoms with van der Waals surface area (Å²) in [6.07, 6.45) is 3.49. The zero-order valence-electron chi connectivity index (χ0n) is 14.1. The standard InChI is InChI=1S/C21H19N3O2/c25-20(17-11-13-22-14-12-17)24-19(15-16-7-3-1-4-8-16)21(26)23-18-9-5-2-6-10-18/h1-14,19H,15H2,(H,23,26)(H,24,25)/t19-/m1/s1. The van der Waals surface area contributed by atoms with Gasteiger partial charge in [-0.1, -0.05) is 48.5 Å². The quantitative estimate of drug-likeness (QED) is 0.721. The molecule has 0 saturated heterocycles. The Labute approximate surface area is 152 Å². The molecule has 1 heterocycles. The Bertz CT molecular complexity index is 852. The van der Waals surface area contributed by atoms with Gasteiger partial charge in [-0.3, -0.25) is 14.6 Å². The molecule has 0 bridgehead atoms.